The van der Waals surface area contributed by atoms with Crippen LogP contribution in [0.2, 0.25) is 0 Å². The number of carbonyl (C=O) groups is 1. The minimum atomic E-state index is -1.10. The zero-order chi connectivity index (χ0) is 24.5. The zero-order valence-corrected chi connectivity index (χ0v) is 20.4. The number of hydrogen-bond acceptors (Lipinski definition) is 7. The molecule has 4 rings (SSSR count). The normalized spacial score (nSPS) is 15.0. The molecule has 2 aromatic carbocycles. The van der Waals surface area contributed by atoms with Crippen LogP contribution in [0.15, 0.2) is 54.6 Å². The average molecular weight is 472 g/mol. The van der Waals surface area contributed by atoms with Gasteiger partial charge in [0.2, 0.25) is 0 Å². The summed E-state index contributed by atoms with van der Waals surface area (Å²) in [6.07, 6.45) is 4.03. The molecule has 1 atom stereocenters. The number of esters is 1. The Hall–Kier alpha value is -3.50. The van der Waals surface area contributed by atoms with Gasteiger partial charge in [-0.15, -0.1) is 0 Å². The minimum Gasteiger partial charge on any atom is -0.464 e. The van der Waals surface area contributed by atoms with Crippen LogP contribution in [-0.4, -0.2) is 53.6 Å². The molecule has 1 fully saturated rings. The van der Waals surface area contributed by atoms with Crippen LogP contribution in [0.3, 0.4) is 0 Å². The third kappa shape index (κ3) is 6.34. The summed E-state index contributed by atoms with van der Waals surface area (Å²) < 4.78 is 5.48. The first kappa shape index (κ1) is 24.6. The number of aromatic nitrogens is 2. The maximum Gasteiger partial charge on any atom is 0.329 e. The van der Waals surface area contributed by atoms with Crippen molar-refractivity contribution in [2.24, 2.45) is 0 Å². The highest BCUT2D eigenvalue weighted by Gasteiger charge is 2.31. The molecule has 0 amide bonds. The second-order valence-electron chi connectivity index (χ2n) is 8.96. The van der Waals surface area contributed by atoms with Crippen LogP contribution in [0.25, 0.3) is 11.0 Å². The molecule has 1 aromatic heterocycles. The van der Waals surface area contributed by atoms with E-state index in [1.165, 1.54) is 5.56 Å². The predicted octanol–water partition coefficient (Wildman–Crippen LogP) is 4.68. The first-order chi connectivity index (χ1) is 17.2. The standard InChI is InChI=1S/C28H33N5O2/c1-2-3-4-10-19-35-28(34)23(20-29)26-27(31-25-14-9-8-13-24(25)30-26)33-17-15-32(16-18-33)21-22-11-6-5-7-12-22/h5-9,11-14,23H,2-4,10,15-19,21H2,1H3. The van der Waals surface area contributed by atoms with E-state index in [-0.39, 0.29) is 0 Å². The van der Waals surface area contributed by atoms with Gasteiger partial charge in [0.1, 0.15) is 5.69 Å². The number of rotatable bonds is 10. The lowest BCUT2D eigenvalue weighted by Crippen LogP contribution is -2.46. The number of anilines is 1. The molecule has 1 unspecified atom stereocenters. The van der Waals surface area contributed by atoms with Gasteiger partial charge in [0.15, 0.2) is 11.7 Å². The molecule has 7 heteroatoms. The number of benzene rings is 2. The highest BCUT2D eigenvalue weighted by atomic mass is 16.5. The number of nitriles is 1. The van der Waals surface area contributed by atoms with E-state index < -0.39 is 11.9 Å². The van der Waals surface area contributed by atoms with E-state index in [1.54, 1.807) is 0 Å². The Labute approximate surface area is 207 Å². The van der Waals surface area contributed by atoms with Crippen LogP contribution in [-0.2, 0) is 16.1 Å². The Morgan fingerprint density at radius 2 is 1.66 bits per heavy atom. The number of hydrogen-bond donors (Lipinski definition) is 0. The van der Waals surface area contributed by atoms with Crippen molar-refractivity contribution in [3.8, 4) is 6.07 Å². The monoisotopic (exact) mass is 471 g/mol. The Balaban J connectivity index is 1.52. The first-order valence-electron chi connectivity index (χ1n) is 12.5. The van der Waals surface area contributed by atoms with Gasteiger partial charge in [-0.1, -0.05) is 68.7 Å². The number of para-hydroxylation sites is 2. The van der Waals surface area contributed by atoms with Crippen LogP contribution in [0.4, 0.5) is 5.82 Å². The second-order valence-corrected chi connectivity index (χ2v) is 8.96. The van der Waals surface area contributed by atoms with E-state index in [0.29, 0.717) is 23.6 Å². The number of piperazine rings is 1. The number of carbonyl (C=O) groups excluding carboxylic acids is 1. The van der Waals surface area contributed by atoms with Gasteiger partial charge in [0.05, 0.1) is 23.7 Å². The van der Waals surface area contributed by atoms with Crippen LogP contribution < -0.4 is 4.90 Å². The molecular weight excluding hydrogens is 438 g/mol. The number of unbranched alkanes of at least 4 members (excludes halogenated alkanes) is 3. The van der Waals surface area contributed by atoms with E-state index in [4.69, 9.17) is 14.7 Å². The summed E-state index contributed by atoms with van der Waals surface area (Å²) in [5.74, 6) is -1.04. The molecule has 1 aliphatic rings. The molecule has 0 aliphatic carbocycles. The maximum absolute atomic E-state index is 12.9. The molecule has 182 valence electrons. The van der Waals surface area contributed by atoms with E-state index in [0.717, 1.165) is 63.9 Å². The van der Waals surface area contributed by atoms with Crippen molar-refractivity contribution in [2.45, 2.75) is 45.1 Å². The van der Waals surface area contributed by atoms with Gasteiger partial charge in [-0.3, -0.25) is 9.69 Å². The summed E-state index contributed by atoms with van der Waals surface area (Å²) in [6.45, 7) is 6.58. The smallest absolute Gasteiger partial charge is 0.329 e. The molecule has 0 radical (unpaired) electrons. The lowest BCUT2D eigenvalue weighted by atomic mass is 10.1. The molecule has 1 aliphatic heterocycles. The Morgan fingerprint density at radius 1 is 0.971 bits per heavy atom. The molecule has 7 nitrogen and oxygen atoms in total. The molecule has 1 saturated heterocycles. The summed E-state index contributed by atoms with van der Waals surface area (Å²) in [6, 6.07) is 20.2. The fourth-order valence-electron chi connectivity index (χ4n) is 4.40. The SMILES string of the molecule is CCCCCCOC(=O)C(C#N)c1nc2ccccc2nc1N1CCN(Cc2ccccc2)CC1. The van der Waals surface area contributed by atoms with Gasteiger partial charge in [-0.05, 0) is 24.1 Å². The van der Waals surface area contributed by atoms with Crippen molar-refractivity contribution in [2.75, 3.05) is 37.7 Å². The van der Waals surface area contributed by atoms with Crippen molar-refractivity contribution in [1.82, 2.24) is 14.9 Å². The minimum absolute atomic E-state index is 0.325. The topological polar surface area (TPSA) is 82.3 Å². The summed E-state index contributed by atoms with van der Waals surface area (Å²) in [5, 5.41) is 9.95. The summed E-state index contributed by atoms with van der Waals surface area (Å²) in [4.78, 5) is 27.1. The van der Waals surface area contributed by atoms with Gasteiger partial charge in [0, 0.05) is 32.7 Å². The van der Waals surface area contributed by atoms with Crippen LogP contribution in [0, 0.1) is 11.3 Å². The van der Waals surface area contributed by atoms with E-state index in [9.17, 15) is 10.1 Å². The average Bonchev–Trinajstić information content (AvgIpc) is 2.90. The van der Waals surface area contributed by atoms with Gasteiger partial charge in [-0.2, -0.15) is 5.26 Å². The molecule has 0 saturated carbocycles. The van der Waals surface area contributed by atoms with E-state index >= 15 is 0 Å². The second kappa shape index (κ2) is 12.3. The van der Waals surface area contributed by atoms with Crippen LogP contribution >= 0.6 is 0 Å². The van der Waals surface area contributed by atoms with Gasteiger partial charge < -0.3 is 9.64 Å². The summed E-state index contributed by atoms with van der Waals surface area (Å²) >= 11 is 0. The predicted molar refractivity (Wildman–Crippen MR) is 137 cm³/mol. The largest absolute Gasteiger partial charge is 0.464 e. The van der Waals surface area contributed by atoms with Gasteiger partial charge >= 0.3 is 5.97 Å². The number of nitrogens with zero attached hydrogens (tertiary/aromatic N) is 5. The summed E-state index contributed by atoms with van der Waals surface area (Å²) in [7, 11) is 0. The Kier molecular flexibility index (Phi) is 8.63. The fraction of sp³-hybridized carbons (Fsp3) is 0.429. The van der Waals surface area contributed by atoms with Crippen LogP contribution in [0.1, 0.15) is 49.8 Å². The maximum atomic E-state index is 12.9. The molecule has 0 N–H and O–H groups in total. The van der Waals surface area contributed by atoms with Crippen molar-refractivity contribution >= 4 is 22.8 Å². The van der Waals surface area contributed by atoms with E-state index in [2.05, 4.69) is 47.1 Å². The number of ether oxygens (including phenoxy) is 1. The molecule has 3 aromatic rings. The lowest BCUT2D eigenvalue weighted by molar-refractivity contribution is -0.144. The highest BCUT2D eigenvalue weighted by molar-refractivity contribution is 5.85. The highest BCUT2D eigenvalue weighted by Crippen LogP contribution is 2.29. The van der Waals surface area contributed by atoms with Gasteiger partial charge in [-0.25, -0.2) is 9.97 Å². The quantitative estimate of drug-likeness (QED) is 0.314. The molecule has 35 heavy (non-hydrogen) atoms. The third-order valence-corrected chi connectivity index (χ3v) is 6.38. The zero-order valence-electron chi connectivity index (χ0n) is 20.4. The van der Waals surface area contributed by atoms with Crippen molar-refractivity contribution < 1.29 is 9.53 Å². The Bertz CT molecular complexity index is 1150. The molecular formula is C28H33N5O2. The van der Waals surface area contributed by atoms with Crippen molar-refractivity contribution in [1.29, 1.82) is 5.26 Å². The lowest BCUT2D eigenvalue weighted by Gasteiger charge is -2.36. The molecule has 0 bridgehead atoms. The summed E-state index contributed by atoms with van der Waals surface area (Å²) in [5.41, 5.74) is 3.10. The third-order valence-electron chi connectivity index (χ3n) is 6.38. The fourth-order valence-corrected chi connectivity index (χ4v) is 4.40. The van der Waals surface area contributed by atoms with Crippen molar-refractivity contribution in [3.63, 3.8) is 0 Å². The van der Waals surface area contributed by atoms with E-state index in [1.807, 2.05) is 30.3 Å². The Morgan fingerprint density at radius 3 is 2.34 bits per heavy atom. The van der Waals surface area contributed by atoms with Crippen molar-refractivity contribution in [3.05, 3.63) is 65.9 Å². The van der Waals surface area contributed by atoms with Gasteiger partial charge in [0.25, 0.3) is 0 Å². The molecule has 0 spiro atoms. The van der Waals surface area contributed by atoms with Crippen LogP contribution in [0.5, 0.6) is 0 Å². The molecule has 2 heterocycles. The number of fused-ring (bicyclic) bond motifs is 1. The first-order valence-corrected chi connectivity index (χ1v) is 12.5.